The van der Waals surface area contributed by atoms with Crippen LogP contribution < -0.4 is 10.6 Å². The van der Waals surface area contributed by atoms with Gasteiger partial charge in [0.2, 0.25) is 0 Å². The molecule has 0 saturated carbocycles. The van der Waals surface area contributed by atoms with Crippen molar-refractivity contribution in [1.29, 1.82) is 0 Å². The van der Waals surface area contributed by atoms with Gasteiger partial charge in [-0.15, -0.1) is 22.7 Å². The van der Waals surface area contributed by atoms with Crippen molar-refractivity contribution in [3.63, 3.8) is 0 Å². The van der Waals surface area contributed by atoms with Gasteiger partial charge >= 0.3 is 0 Å². The quantitative estimate of drug-likeness (QED) is 0.746. The predicted molar refractivity (Wildman–Crippen MR) is 85.3 cm³/mol. The Morgan fingerprint density at radius 3 is 2.95 bits per heavy atom. The van der Waals surface area contributed by atoms with Crippen LogP contribution in [0, 0.1) is 0 Å². The van der Waals surface area contributed by atoms with Gasteiger partial charge in [0.1, 0.15) is 5.52 Å². The van der Waals surface area contributed by atoms with Gasteiger partial charge in [-0.3, -0.25) is 0 Å². The minimum absolute atomic E-state index is 0.785. The summed E-state index contributed by atoms with van der Waals surface area (Å²) in [4.78, 5) is 7.95. The molecule has 3 nitrogen and oxygen atoms in total. The average molecular weight is 289 g/mol. The molecule has 0 spiro atoms. The van der Waals surface area contributed by atoms with Crippen molar-refractivity contribution >= 4 is 44.3 Å². The molecule has 3 aromatic rings. The number of aromatic nitrogens is 1. The molecule has 2 heterocycles. The molecule has 0 saturated heterocycles. The summed E-state index contributed by atoms with van der Waals surface area (Å²) in [7, 11) is 2.08. The summed E-state index contributed by atoms with van der Waals surface area (Å²) >= 11 is 3.42. The maximum absolute atomic E-state index is 6.22. The van der Waals surface area contributed by atoms with Crippen LogP contribution in [0.2, 0.25) is 0 Å². The van der Waals surface area contributed by atoms with E-state index in [1.807, 2.05) is 5.51 Å². The zero-order valence-electron chi connectivity index (χ0n) is 10.7. The summed E-state index contributed by atoms with van der Waals surface area (Å²) in [6, 6.07) is 8.45. The first-order chi connectivity index (χ1) is 9.25. The molecule has 0 bridgehead atoms. The molecule has 0 atom stereocenters. The summed E-state index contributed by atoms with van der Waals surface area (Å²) in [6.45, 7) is 0.959. The van der Waals surface area contributed by atoms with Crippen LogP contribution in [-0.4, -0.2) is 18.6 Å². The number of anilines is 2. The Morgan fingerprint density at radius 2 is 2.16 bits per heavy atom. The Kier molecular flexibility index (Phi) is 3.40. The molecule has 0 aliphatic carbocycles. The van der Waals surface area contributed by atoms with Crippen LogP contribution in [0.15, 0.2) is 35.2 Å². The first-order valence-electron chi connectivity index (χ1n) is 6.11. The Hall–Kier alpha value is -1.59. The van der Waals surface area contributed by atoms with Gasteiger partial charge in [-0.2, -0.15) is 0 Å². The fraction of sp³-hybridized carbons (Fsp3) is 0.214. The lowest BCUT2D eigenvalue weighted by Gasteiger charge is -2.20. The normalized spacial score (nSPS) is 11.0. The third-order valence-electron chi connectivity index (χ3n) is 3.20. The second-order valence-corrected chi connectivity index (χ2v) is 6.37. The number of hydrogen-bond donors (Lipinski definition) is 1. The Bertz CT molecular complexity index is 673. The van der Waals surface area contributed by atoms with Gasteiger partial charge in [0.05, 0.1) is 21.6 Å². The maximum atomic E-state index is 6.22. The molecule has 0 aliphatic rings. The van der Waals surface area contributed by atoms with E-state index in [0.29, 0.717) is 0 Å². The van der Waals surface area contributed by atoms with Crippen LogP contribution in [0.4, 0.5) is 11.4 Å². The molecule has 0 aliphatic heterocycles. The van der Waals surface area contributed by atoms with Crippen LogP contribution in [0.3, 0.4) is 0 Å². The number of thiophene rings is 1. The highest BCUT2D eigenvalue weighted by Crippen LogP contribution is 2.32. The summed E-state index contributed by atoms with van der Waals surface area (Å²) in [6.07, 6.45) is 1.04. The van der Waals surface area contributed by atoms with Crippen molar-refractivity contribution in [1.82, 2.24) is 4.98 Å². The number of nitrogens with zero attached hydrogens (tertiary/aromatic N) is 2. The molecule has 3 rings (SSSR count). The number of thiazole rings is 1. The zero-order chi connectivity index (χ0) is 13.2. The highest BCUT2D eigenvalue weighted by Gasteiger charge is 2.10. The predicted octanol–water partition coefficient (Wildman–Crippen LogP) is 3.62. The molecular formula is C14H15N3S2. The SMILES string of the molecule is CN(CCc1cccs1)c1ccc2scnc2c1N. The molecule has 0 unspecified atom stereocenters. The first kappa shape index (κ1) is 12.4. The summed E-state index contributed by atoms with van der Waals surface area (Å²) in [5.74, 6) is 0. The highest BCUT2D eigenvalue weighted by molar-refractivity contribution is 7.16. The minimum atomic E-state index is 0.785. The number of likely N-dealkylation sites (N-methyl/N-ethyl adjacent to an activating group) is 1. The molecule has 0 amide bonds. The lowest BCUT2D eigenvalue weighted by atomic mass is 10.2. The third-order valence-corrected chi connectivity index (χ3v) is 4.93. The molecular weight excluding hydrogens is 274 g/mol. The van der Waals surface area contributed by atoms with Crippen LogP contribution in [0.5, 0.6) is 0 Å². The molecule has 0 radical (unpaired) electrons. The van der Waals surface area contributed by atoms with Crippen molar-refractivity contribution in [2.45, 2.75) is 6.42 Å². The van der Waals surface area contributed by atoms with E-state index >= 15 is 0 Å². The number of nitrogen functional groups attached to an aromatic ring is 1. The zero-order valence-corrected chi connectivity index (χ0v) is 12.3. The van der Waals surface area contributed by atoms with E-state index in [1.165, 1.54) is 4.88 Å². The van der Waals surface area contributed by atoms with E-state index in [4.69, 9.17) is 5.73 Å². The Balaban J connectivity index is 1.80. The molecule has 1 aromatic carbocycles. The van der Waals surface area contributed by atoms with Crippen LogP contribution in [-0.2, 0) is 6.42 Å². The van der Waals surface area contributed by atoms with Gasteiger partial charge in [0.25, 0.3) is 0 Å². The van der Waals surface area contributed by atoms with Crippen molar-refractivity contribution in [2.24, 2.45) is 0 Å². The van der Waals surface area contributed by atoms with Crippen molar-refractivity contribution in [3.05, 3.63) is 40.0 Å². The number of fused-ring (bicyclic) bond motifs is 1. The summed E-state index contributed by atoms with van der Waals surface area (Å²) in [5, 5.41) is 2.12. The molecule has 2 N–H and O–H groups in total. The fourth-order valence-electron chi connectivity index (χ4n) is 2.13. The number of benzene rings is 1. The summed E-state index contributed by atoms with van der Waals surface area (Å²) in [5.41, 5.74) is 10.8. The van der Waals surface area contributed by atoms with Crippen LogP contribution >= 0.6 is 22.7 Å². The van der Waals surface area contributed by atoms with Gasteiger partial charge in [-0.05, 0) is 30.0 Å². The smallest absolute Gasteiger partial charge is 0.106 e. The fourth-order valence-corrected chi connectivity index (χ4v) is 3.52. The topological polar surface area (TPSA) is 42.2 Å². The monoisotopic (exact) mass is 289 g/mol. The highest BCUT2D eigenvalue weighted by atomic mass is 32.1. The Labute approximate surface area is 120 Å². The van der Waals surface area contributed by atoms with Gasteiger partial charge in [0.15, 0.2) is 0 Å². The van der Waals surface area contributed by atoms with E-state index in [9.17, 15) is 0 Å². The molecule has 19 heavy (non-hydrogen) atoms. The second-order valence-electron chi connectivity index (χ2n) is 4.45. The number of hydrogen-bond acceptors (Lipinski definition) is 5. The van der Waals surface area contributed by atoms with E-state index in [-0.39, 0.29) is 0 Å². The largest absolute Gasteiger partial charge is 0.395 e. The lowest BCUT2D eigenvalue weighted by molar-refractivity contribution is 0.889. The summed E-state index contributed by atoms with van der Waals surface area (Å²) < 4.78 is 1.15. The van der Waals surface area contributed by atoms with E-state index in [2.05, 4.69) is 46.6 Å². The number of nitrogens with two attached hydrogens (primary N) is 1. The van der Waals surface area contributed by atoms with E-state index in [0.717, 1.165) is 34.6 Å². The average Bonchev–Trinajstić information content (AvgIpc) is 3.07. The lowest BCUT2D eigenvalue weighted by Crippen LogP contribution is -2.21. The molecule has 0 fully saturated rings. The van der Waals surface area contributed by atoms with Gasteiger partial charge in [-0.25, -0.2) is 4.98 Å². The maximum Gasteiger partial charge on any atom is 0.106 e. The molecule has 2 aromatic heterocycles. The van der Waals surface area contributed by atoms with Gasteiger partial charge in [0, 0.05) is 18.5 Å². The second kappa shape index (κ2) is 5.19. The Morgan fingerprint density at radius 1 is 1.26 bits per heavy atom. The van der Waals surface area contributed by atoms with E-state index < -0.39 is 0 Å². The standard InChI is InChI=1S/C14H15N3S2/c1-17(7-6-10-3-2-8-18-10)11-4-5-12-14(13(11)15)16-9-19-12/h2-5,8-9H,6-7,15H2,1H3. The van der Waals surface area contributed by atoms with Gasteiger partial charge in [-0.1, -0.05) is 6.07 Å². The van der Waals surface area contributed by atoms with Crippen LogP contribution in [0.1, 0.15) is 4.88 Å². The van der Waals surface area contributed by atoms with Crippen molar-refractivity contribution in [2.75, 3.05) is 24.2 Å². The minimum Gasteiger partial charge on any atom is -0.395 e. The van der Waals surface area contributed by atoms with Crippen LogP contribution in [0.25, 0.3) is 10.2 Å². The van der Waals surface area contributed by atoms with Crippen molar-refractivity contribution < 1.29 is 0 Å². The van der Waals surface area contributed by atoms with Crippen molar-refractivity contribution in [3.8, 4) is 0 Å². The van der Waals surface area contributed by atoms with Gasteiger partial charge < -0.3 is 10.6 Å². The number of rotatable bonds is 4. The molecule has 5 heteroatoms. The first-order valence-corrected chi connectivity index (χ1v) is 7.87. The third kappa shape index (κ3) is 2.43. The van der Waals surface area contributed by atoms with E-state index in [1.54, 1.807) is 22.7 Å². The molecule has 98 valence electrons.